The van der Waals surface area contributed by atoms with Gasteiger partial charge >= 0.3 is 5.97 Å². The fraction of sp³-hybridized carbons (Fsp3) is 0.476. The highest BCUT2D eigenvalue weighted by Crippen LogP contribution is 2.52. The molecule has 0 N–H and O–H groups in total. The minimum atomic E-state index is -0.549. The summed E-state index contributed by atoms with van der Waals surface area (Å²) in [4.78, 5) is 32.3. The van der Waals surface area contributed by atoms with Gasteiger partial charge < -0.3 is 9.64 Å². The monoisotopic (exact) mass is 352 g/mol. The maximum Gasteiger partial charge on any atom is 0.314 e. The molecule has 2 aliphatic rings. The third-order valence-electron chi connectivity index (χ3n) is 6.14. The number of carbonyl (C=O) groups excluding carboxylic acids is 2. The number of aromatic nitrogens is 1. The second kappa shape index (κ2) is 6.38. The molecule has 2 fully saturated rings. The van der Waals surface area contributed by atoms with Crippen molar-refractivity contribution in [3.05, 3.63) is 42.1 Å². The van der Waals surface area contributed by atoms with Crippen LogP contribution in [0.1, 0.15) is 49.9 Å². The predicted octanol–water partition coefficient (Wildman–Crippen LogP) is 3.57. The summed E-state index contributed by atoms with van der Waals surface area (Å²) in [5, 5.41) is 0.956. The Labute approximate surface area is 153 Å². The zero-order valence-electron chi connectivity index (χ0n) is 15.3. The van der Waals surface area contributed by atoms with Crippen LogP contribution in [0.25, 0.3) is 10.9 Å². The predicted molar refractivity (Wildman–Crippen MR) is 98.7 cm³/mol. The first-order chi connectivity index (χ1) is 12.6. The Kier molecular flexibility index (Phi) is 4.17. The minimum Gasteiger partial charge on any atom is -0.466 e. The van der Waals surface area contributed by atoms with Gasteiger partial charge in [-0.15, -0.1) is 0 Å². The normalized spacial score (nSPS) is 27.1. The van der Waals surface area contributed by atoms with E-state index in [1.54, 1.807) is 6.20 Å². The summed E-state index contributed by atoms with van der Waals surface area (Å²) < 4.78 is 5.38. The van der Waals surface area contributed by atoms with Gasteiger partial charge in [0.25, 0.3) is 5.91 Å². The minimum absolute atomic E-state index is 0.0166. The Morgan fingerprint density at radius 2 is 2.12 bits per heavy atom. The molecule has 5 heteroatoms. The highest BCUT2D eigenvalue weighted by Gasteiger charge is 2.61. The molecule has 5 nitrogen and oxygen atoms in total. The number of esters is 1. The first-order valence-corrected chi connectivity index (χ1v) is 9.45. The molecular formula is C21H24N2O3. The number of rotatable bonds is 4. The molecule has 0 saturated carbocycles. The summed E-state index contributed by atoms with van der Waals surface area (Å²) in [6.07, 6.45) is 5.01. The standard InChI is InChI=1S/C21H24N2O3/c1-3-21(20(25)26-4-2)13-16-8-10-18(21)23(16)19(24)15-7-9-17-14(12-15)6-5-11-22-17/h5-7,9,11-12,16,18H,3-4,8,10,13H2,1-2H3/t16-,18+,21+/m1/s1. The SMILES string of the molecule is CCOC(=O)[C@@]1(CC)C[C@H]2CC[C@@H]1N2C(=O)c1ccc2ncccc2c1. The molecule has 3 atom stereocenters. The Balaban J connectivity index is 1.67. The van der Waals surface area contributed by atoms with Crippen LogP contribution >= 0.6 is 0 Å². The second-order valence-corrected chi connectivity index (χ2v) is 7.30. The van der Waals surface area contributed by atoms with E-state index in [0.29, 0.717) is 25.0 Å². The fourth-order valence-corrected chi connectivity index (χ4v) is 4.87. The first-order valence-electron chi connectivity index (χ1n) is 9.45. The van der Waals surface area contributed by atoms with E-state index in [0.717, 1.165) is 23.7 Å². The third kappa shape index (κ3) is 2.41. The zero-order chi connectivity index (χ0) is 18.3. The largest absolute Gasteiger partial charge is 0.466 e. The fourth-order valence-electron chi connectivity index (χ4n) is 4.87. The lowest BCUT2D eigenvalue weighted by Crippen LogP contribution is -2.45. The van der Waals surface area contributed by atoms with Crippen LogP contribution in [0.5, 0.6) is 0 Å². The molecule has 136 valence electrons. The lowest BCUT2D eigenvalue weighted by molar-refractivity contribution is -0.157. The van der Waals surface area contributed by atoms with E-state index in [1.807, 2.05) is 49.1 Å². The van der Waals surface area contributed by atoms with Crippen LogP contribution in [0.4, 0.5) is 0 Å². The van der Waals surface area contributed by atoms with Crippen LogP contribution in [0.3, 0.4) is 0 Å². The number of hydrogen-bond donors (Lipinski definition) is 0. The van der Waals surface area contributed by atoms with E-state index >= 15 is 0 Å². The Bertz CT molecular complexity index is 865. The van der Waals surface area contributed by atoms with Crippen molar-refractivity contribution in [2.75, 3.05) is 6.61 Å². The van der Waals surface area contributed by atoms with Crippen LogP contribution in [0, 0.1) is 5.41 Å². The summed E-state index contributed by atoms with van der Waals surface area (Å²) in [7, 11) is 0. The maximum atomic E-state index is 13.3. The third-order valence-corrected chi connectivity index (χ3v) is 6.14. The van der Waals surface area contributed by atoms with Crippen LogP contribution < -0.4 is 0 Å². The van der Waals surface area contributed by atoms with Crippen molar-refractivity contribution in [3.63, 3.8) is 0 Å². The van der Waals surface area contributed by atoms with E-state index in [2.05, 4.69) is 4.98 Å². The highest BCUT2D eigenvalue weighted by atomic mass is 16.5. The summed E-state index contributed by atoms with van der Waals surface area (Å²) in [6, 6.07) is 9.54. The summed E-state index contributed by atoms with van der Waals surface area (Å²) in [5.74, 6) is -0.127. The van der Waals surface area contributed by atoms with Crippen molar-refractivity contribution in [2.24, 2.45) is 5.41 Å². The summed E-state index contributed by atoms with van der Waals surface area (Å²) >= 11 is 0. The molecule has 2 aromatic rings. The molecule has 4 rings (SSSR count). The Hall–Kier alpha value is -2.43. The van der Waals surface area contributed by atoms with Gasteiger partial charge in [-0.25, -0.2) is 0 Å². The molecule has 26 heavy (non-hydrogen) atoms. The summed E-state index contributed by atoms with van der Waals surface area (Å²) in [5.41, 5.74) is 0.994. The summed E-state index contributed by atoms with van der Waals surface area (Å²) in [6.45, 7) is 4.24. The van der Waals surface area contributed by atoms with E-state index in [4.69, 9.17) is 4.74 Å². The van der Waals surface area contributed by atoms with Gasteiger partial charge in [0, 0.05) is 29.2 Å². The van der Waals surface area contributed by atoms with Crippen molar-refractivity contribution in [2.45, 2.75) is 51.6 Å². The molecule has 1 aromatic heterocycles. The Morgan fingerprint density at radius 3 is 2.88 bits per heavy atom. The maximum absolute atomic E-state index is 13.3. The zero-order valence-corrected chi connectivity index (χ0v) is 15.3. The molecule has 1 aromatic carbocycles. The van der Waals surface area contributed by atoms with Gasteiger partial charge in [-0.3, -0.25) is 14.6 Å². The number of fused-ring (bicyclic) bond motifs is 3. The lowest BCUT2D eigenvalue weighted by atomic mass is 9.72. The Morgan fingerprint density at radius 1 is 1.27 bits per heavy atom. The average Bonchev–Trinajstić information content (AvgIpc) is 3.23. The molecule has 0 unspecified atom stereocenters. The molecule has 2 saturated heterocycles. The average molecular weight is 352 g/mol. The van der Waals surface area contributed by atoms with Crippen molar-refractivity contribution < 1.29 is 14.3 Å². The van der Waals surface area contributed by atoms with E-state index < -0.39 is 5.41 Å². The molecule has 0 aliphatic carbocycles. The molecule has 0 spiro atoms. The van der Waals surface area contributed by atoms with E-state index in [1.165, 1.54) is 0 Å². The first kappa shape index (κ1) is 17.0. The number of pyridine rings is 1. The lowest BCUT2D eigenvalue weighted by Gasteiger charge is -2.34. The van der Waals surface area contributed by atoms with E-state index in [-0.39, 0.29) is 24.0 Å². The number of ether oxygens (including phenoxy) is 1. The van der Waals surface area contributed by atoms with Gasteiger partial charge in [0.2, 0.25) is 0 Å². The van der Waals surface area contributed by atoms with Crippen LogP contribution in [0.2, 0.25) is 0 Å². The van der Waals surface area contributed by atoms with Gasteiger partial charge in [-0.2, -0.15) is 0 Å². The second-order valence-electron chi connectivity index (χ2n) is 7.30. The molecule has 0 radical (unpaired) electrons. The van der Waals surface area contributed by atoms with Crippen molar-refractivity contribution >= 4 is 22.8 Å². The van der Waals surface area contributed by atoms with Gasteiger partial charge in [-0.05, 0) is 56.9 Å². The van der Waals surface area contributed by atoms with Gasteiger partial charge in [0.15, 0.2) is 0 Å². The number of benzene rings is 1. The number of nitrogens with zero attached hydrogens (tertiary/aromatic N) is 2. The number of hydrogen-bond acceptors (Lipinski definition) is 4. The van der Waals surface area contributed by atoms with Crippen LogP contribution in [-0.2, 0) is 9.53 Å². The van der Waals surface area contributed by atoms with Gasteiger partial charge in [0.1, 0.15) is 0 Å². The van der Waals surface area contributed by atoms with Crippen molar-refractivity contribution in [3.8, 4) is 0 Å². The van der Waals surface area contributed by atoms with Crippen molar-refractivity contribution in [1.29, 1.82) is 0 Å². The molecule has 1 amide bonds. The topological polar surface area (TPSA) is 59.5 Å². The smallest absolute Gasteiger partial charge is 0.314 e. The molecular weight excluding hydrogens is 328 g/mol. The molecule has 2 bridgehead atoms. The van der Waals surface area contributed by atoms with Crippen LogP contribution in [-0.4, -0.2) is 40.5 Å². The molecule has 2 aliphatic heterocycles. The highest BCUT2D eigenvalue weighted by molar-refractivity contribution is 5.99. The number of amides is 1. The van der Waals surface area contributed by atoms with Crippen molar-refractivity contribution in [1.82, 2.24) is 9.88 Å². The van der Waals surface area contributed by atoms with E-state index in [9.17, 15) is 9.59 Å². The van der Waals surface area contributed by atoms with Crippen LogP contribution in [0.15, 0.2) is 36.5 Å². The van der Waals surface area contributed by atoms with Gasteiger partial charge in [0.05, 0.1) is 17.5 Å². The number of carbonyl (C=O) groups is 2. The van der Waals surface area contributed by atoms with Gasteiger partial charge in [-0.1, -0.05) is 13.0 Å². The quantitative estimate of drug-likeness (QED) is 0.789. The molecule has 3 heterocycles.